The van der Waals surface area contributed by atoms with E-state index in [1.807, 2.05) is 20.8 Å². The molecular formula is C11H11BN2O. The number of benzene rings is 1. The van der Waals surface area contributed by atoms with Crippen LogP contribution in [0.5, 0.6) is 0 Å². The summed E-state index contributed by atoms with van der Waals surface area (Å²) in [5.74, 6) is 0.0527. The van der Waals surface area contributed by atoms with Gasteiger partial charge in [0.1, 0.15) is 0 Å². The molecule has 0 aliphatic rings. The maximum Gasteiger partial charge on any atom is 0.166 e. The Morgan fingerprint density at radius 1 is 1.27 bits per heavy atom. The summed E-state index contributed by atoms with van der Waals surface area (Å²) in [4.78, 5) is 20.0. The van der Waals surface area contributed by atoms with Crippen molar-refractivity contribution in [1.82, 2.24) is 9.97 Å². The zero-order valence-corrected chi connectivity index (χ0v) is 9.03. The lowest BCUT2D eigenvalue weighted by Gasteiger charge is -2.03. The molecule has 0 unspecified atom stereocenters. The third-order valence-electron chi connectivity index (χ3n) is 2.48. The van der Waals surface area contributed by atoms with Crippen molar-refractivity contribution < 1.29 is 4.79 Å². The largest absolute Gasteiger partial charge is 0.295 e. The number of fused-ring (bicyclic) bond motifs is 1. The molecule has 0 bridgehead atoms. The first-order chi connectivity index (χ1) is 7.08. The van der Waals surface area contributed by atoms with E-state index < -0.39 is 0 Å². The number of carbonyl (C=O) groups excluding carboxylic acids is 1. The van der Waals surface area contributed by atoms with E-state index in [-0.39, 0.29) is 5.78 Å². The lowest BCUT2D eigenvalue weighted by molar-refractivity contribution is 0.101. The maximum absolute atomic E-state index is 11.2. The van der Waals surface area contributed by atoms with Gasteiger partial charge in [-0.3, -0.25) is 14.8 Å². The second kappa shape index (κ2) is 3.46. The number of rotatable bonds is 1. The van der Waals surface area contributed by atoms with Gasteiger partial charge in [-0.2, -0.15) is 0 Å². The van der Waals surface area contributed by atoms with Gasteiger partial charge in [-0.05, 0) is 32.0 Å². The fourth-order valence-electron chi connectivity index (χ4n) is 1.45. The molecule has 0 fully saturated rings. The van der Waals surface area contributed by atoms with Crippen LogP contribution in [0.25, 0.3) is 11.0 Å². The van der Waals surface area contributed by atoms with Crippen LogP contribution in [0.1, 0.15) is 23.0 Å². The number of hydrogen-bond acceptors (Lipinski definition) is 3. The molecule has 0 saturated carbocycles. The van der Waals surface area contributed by atoms with Crippen LogP contribution >= 0.6 is 0 Å². The fourth-order valence-corrected chi connectivity index (χ4v) is 1.45. The van der Waals surface area contributed by atoms with Crippen LogP contribution in [0, 0.1) is 6.92 Å². The number of Topliss-reactive ketones (excluding diaryl/α,β-unsaturated/α-hetero) is 1. The summed E-state index contributed by atoms with van der Waals surface area (Å²) in [5.41, 5.74) is 4.13. The topological polar surface area (TPSA) is 42.9 Å². The molecule has 0 saturated heterocycles. The maximum atomic E-state index is 11.2. The SMILES string of the molecule is Bc1nc2ccc(C(C)=O)cc2nc1C. The van der Waals surface area contributed by atoms with Gasteiger partial charge in [-0.25, -0.2) is 0 Å². The predicted molar refractivity (Wildman–Crippen MR) is 62.5 cm³/mol. The Morgan fingerprint density at radius 3 is 2.67 bits per heavy atom. The molecule has 74 valence electrons. The number of aromatic nitrogens is 2. The summed E-state index contributed by atoms with van der Waals surface area (Å²) in [6, 6.07) is 5.41. The zero-order chi connectivity index (χ0) is 11.0. The van der Waals surface area contributed by atoms with Gasteiger partial charge in [0.2, 0.25) is 0 Å². The van der Waals surface area contributed by atoms with E-state index in [1.54, 1.807) is 19.1 Å². The van der Waals surface area contributed by atoms with Crippen molar-refractivity contribution in [2.45, 2.75) is 13.8 Å². The molecule has 1 heterocycles. The lowest BCUT2D eigenvalue weighted by atomic mass is 10.0. The van der Waals surface area contributed by atoms with E-state index in [0.29, 0.717) is 5.56 Å². The third kappa shape index (κ3) is 1.75. The van der Waals surface area contributed by atoms with Gasteiger partial charge in [0, 0.05) is 16.9 Å². The quantitative estimate of drug-likeness (QED) is 0.492. The molecule has 0 spiro atoms. The predicted octanol–water partition coefficient (Wildman–Crippen LogP) is 0.399. The van der Waals surface area contributed by atoms with Gasteiger partial charge in [0.25, 0.3) is 0 Å². The highest BCUT2D eigenvalue weighted by Gasteiger charge is 2.04. The number of hydrogen-bond donors (Lipinski definition) is 0. The van der Waals surface area contributed by atoms with Gasteiger partial charge < -0.3 is 0 Å². The normalized spacial score (nSPS) is 10.5. The minimum Gasteiger partial charge on any atom is -0.295 e. The molecule has 15 heavy (non-hydrogen) atoms. The number of nitrogens with zero attached hydrogens (tertiary/aromatic N) is 2. The van der Waals surface area contributed by atoms with E-state index in [0.717, 1.165) is 22.3 Å². The summed E-state index contributed by atoms with van der Waals surface area (Å²) in [6.45, 7) is 3.47. The molecule has 0 radical (unpaired) electrons. The van der Waals surface area contributed by atoms with Crippen molar-refractivity contribution >= 4 is 30.3 Å². The first-order valence-corrected chi connectivity index (χ1v) is 4.84. The molecule has 2 rings (SSSR count). The lowest BCUT2D eigenvalue weighted by Crippen LogP contribution is -2.14. The molecule has 0 aliphatic heterocycles. The van der Waals surface area contributed by atoms with Crippen molar-refractivity contribution in [1.29, 1.82) is 0 Å². The average molecular weight is 198 g/mol. The van der Waals surface area contributed by atoms with Crippen molar-refractivity contribution in [3.8, 4) is 0 Å². The van der Waals surface area contributed by atoms with Crippen molar-refractivity contribution in [2.24, 2.45) is 0 Å². The highest BCUT2D eigenvalue weighted by molar-refractivity contribution is 6.31. The van der Waals surface area contributed by atoms with Crippen LogP contribution in [-0.4, -0.2) is 23.6 Å². The summed E-state index contributed by atoms with van der Waals surface area (Å²) >= 11 is 0. The smallest absolute Gasteiger partial charge is 0.166 e. The molecule has 2 aromatic rings. The van der Waals surface area contributed by atoms with E-state index in [9.17, 15) is 4.79 Å². The van der Waals surface area contributed by atoms with Crippen molar-refractivity contribution in [3.05, 3.63) is 29.5 Å². The zero-order valence-electron chi connectivity index (χ0n) is 9.03. The molecule has 1 aromatic heterocycles. The van der Waals surface area contributed by atoms with Crippen molar-refractivity contribution in [2.75, 3.05) is 0 Å². The Balaban J connectivity index is 2.72. The highest BCUT2D eigenvalue weighted by Crippen LogP contribution is 2.11. The minimum absolute atomic E-state index is 0.0527. The molecule has 0 amide bonds. The average Bonchev–Trinajstić information content (AvgIpc) is 2.19. The van der Waals surface area contributed by atoms with Crippen LogP contribution in [0.15, 0.2) is 18.2 Å². The second-order valence-electron chi connectivity index (χ2n) is 3.65. The molecule has 0 atom stereocenters. The van der Waals surface area contributed by atoms with Crippen LogP contribution in [0.2, 0.25) is 0 Å². The van der Waals surface area contributed by atoms with E-state index in [1.165, 1.54) is 0 Å². The van der Waals surface area contributed by atoms with E-state index >= 15 is 0 Å². The molecule has 4 heteroatoms. The van der Waals surface area contributed by atoms with Gasteiger partial charge in [0.15, 0.2) is 13.6 Å². The first kappa shape index (κ1) is 9.83. The standard InChI is InChI=1S/C11H11BN2O/c1-6-11(12)14-9-4-3-8(7(2)15)5-10(9)13-6/h3-5H,12H2,1-2H3. The van der Waals surface area contributed by atoms with Gasteiger partial charge >= 0.3 is 0 Å². The van der Waals surface area contributed by atoms with E-state index in [4.69, 9.17) is 0 Å². The summed E-state index contributed by atoms with van der Waals surface area (Å²) in [5, 5.41) is 0. The van der Waals surface area contributed by atoms with Gasteiger partial charge in [-0.15, -0.1) is 0 Å². The Bertz CT molecular complexity index is 552. The van der Waals surface area contributed by atoms with Crippen LogP contribution < -0.4 is 5.59 Å². The summed E-state index contributed by atoms with van der Waals surface area (Å²) < 4.78 is 0. The number of carbonyl (C=O) groups is 1. The summed E-state index contributed by atoms with van der Waals surface area (Å²) in [6.07, 6.45) is 0. The Labute approximate surface area is 89.0 Å². The third-order valence-corrected chi connectivity index (χ3v) is 2.48. The van der Waals surface area contributed by atoms with Gasteiger partial charge in [0.05, 0.1) is 11.0 Å². The Kier molecular flexibility index (Phi) is 2.27. The monoisotopic (exact) mass is 198 g/mol. The molecular weight excluding hydrogens is 187 g/mol. The highest BCUT2D eigenvalue weighted by atomic mass is 16.1. The Hall–Kier alpha value is -1.71. The van der Waals surface area contributed by atoms with Gasteiger partial charge in [-0.1, -0.05) is 0 Å². The first-order valence-electron chi connectivity index (χ1n) is 4.84. The van der Waals surface area contributed by atoms with E-state index in [2.05, 4.69) is 9.97 Å². The molecule has 1 aromatic carbocycles. The molecule has 3 nitrogen and oxygen atoms in total. The van der Waals surface area contributed by atoms with Crippen LogP contribution in [0.3, 0.4) is 0 Å². The molecule has 0 N–H and O–H groups in total. The number of ketones is 1. The minimum atomic E-state index is 0.0527. The summed E-state index contributed by atoms with van der Waals surface area (Å²) in [7, 11) is 1.93. The van der Waals surface area contributed by atoms with Crippen LogP contribution in [-0.2, 0) is 0 Å². The Morgan fingerprint density at radius 2 is 2.00 bits per heavy atom. The second-order valence-corrected chi connectivity index (χ2v) is 3.65. The number of aryl methyl sites for hydroxylation is 1. The van der Waals surface area contributed by atoms with Crippen molar-refractivity contribution in [3.63, 3.8) is 0 Å². The van der Waals surface area contributed by atoms with Crippen LogP contribution in [0.4, 0.5) is 0 Å². The fraction of sp³-hybridized carbons (Fsp3) is 0.182. The molecule has 0 aliphatic carbocycles.